The van der Waals surface area contributed by atoms with E-state index in [1.807, 2.05) is 0 Å². The summed E-state index contributed by atoms with van der Waals surface area (Å²) in [7, 11) is 0. The molecule has 0 heterocycles. The molecule has 0 amide bonds. The summed E-state index contributed by atoms with van der Waals surface area (Å²) in [6.45, 7) is 0. The second-order valence-electron chi connectivity index (χ2n) is 0. The van der Waals surface area contributed by atoms with Gasteiger partial charge in [0.15, 0.2) is 17.4 Å². The fourth-order valence-electron chi connectivity index (χ4n) is 0. The first-order valence-corrected chi connectivity index (χ1v) is 0. The van der Waals surface area contributed by atoms with Gasteiger partial charge in [-0.1, -0.05) is 0 Å². The van der Waals surface area contributed by atoms with Gasteiger partial charge in [-0.2, -0.15) is 0 Å². The molecule has 0 rings (SSSR count). The minimum atomic E-state index is 0. The van der Waals surface area contributed by atoms with Crippen molar-refractivity contribution in [1.29, 1.82) is 0 Å². The summed E-state index contributed by atoms with van der Waals surface area (Å²) in [6.07, 6.45) is 0. The molecule has 26 valence electrons. The minimum Gasteiger partial charge on any atom is -0.412 e. The molecule has 0 aliphatic rings. The molecule has 1 nitrogen and oxygen atoms in total. The SMILES string of the molecule is O.[AlH3].[SiH4].[Ti]. The van der Waals surface area contributed by atoms with Crippen LogP contribution in [0.4, 0.5) is 0 Å². The smallest absolute Gasteiger partial charge is 0.187 e. The number of rotatable bonds is 0. The van der Waals surface area contributed by atoms with Gasteiger partial charge in [-0.25, -0.2) is 0 Å². The van der Waals surface area contributed by atoms with E-state index in [4.69, 9.17) is 0 Å². The predicted octanol–water partition coefficient (Wildman–Crippen LogP) is -3.46. The fraction of sp³-hybridized carbons (Fsp3) is 0. The minimum absolute atomic E-state index is 0. The van der Waals surface area contributed by atoms with Crippen molar-refractivity contribution < 1.29 is 27.2 Å². The van der Waals surface area contributed by atoms with Crippen molar-refractivity contribution in [2.45, 2.75) is 0 Å². The molecule has 4 heteroatoms. The molecule has 0 aromatic heterocycles. The van der Waals surface area contributed by atoms with Gasteiger partial charge in [0.1, 0.15) is 0 Å². The average molecular weight is 128 g/mol. The molecule has 0 aliphatic heterocycles. The maximum atomic E-state index is 0. The summed E-state index contributed by atoms with van der Waals surface area (Å²) in [6, 6.07) is 0. The van der Waals surface area contributed by atoms with Gasteiger partial charge in [-0.15, -0.1) is 0 Å². The Hall–Kier alpha value is 1.42. The van der Waals surface area contributed by atoms with Crippen molar-refractivity contribution in [3.8, 4) is 0 Å². The zero-order valence-corrected chi connectivity index (χ0v) is 2.56. The van der Waals surface area contributed by atoms with Crippen molar-refractivity contribution in [3.63, 3.8) is 0 Å². The van der Waals surface area contributed by atoms with E-state index in [9.17, 15) is 0 Å². The Labute approximate surface area is 55.5 Å². The molecule has 0 radical (unpaired) electrons. The summed E-state index contributed by atoms with van der Waals surface area (Å²) in [5, 5.41) is 0. The van der Waals surface area contributed by atoms with E-state index in [1.165, 1.54) is 0 Å². The van der Waals surface area contributed by atoms with Crippen LogP contribution in [0.2, 0.25) is 0 Å². The van der Waals surface area contributed by atoms with E-state index in [-0.39, 0.29) is 55.5 Å². The topological polar surface area (TPSA) is 31.5 Å². The van der Waals surface area contributed by atoms with E-state index in [2.05, 4.69) is 0 Å². The normalized spacial score (nSPS) is 0. The van der Waals surface area contributed by atoms with Crippen molar-refractivity contribution >= 4 is 28.3 Å². The second-order valence-corrected chi connectivity index (χ2v) is 0. The van der Waals surface area contributed by atoms with Gasteiger partial charge in [0.2, 0.25) is 0 Å². The third-order valence-corrected chi connectivity index (χ3v) is 0. The maximum Gasteiger partial charge on any atom is 0.187 e. The molecule has 0 aromatic carbocycles. The molecule has 2 N–H and O–H groups in total. The Morgan fingerprint density at radius 1 is 1.00 bits per heavy atom. The Morgan fingerprint density at radius 3 is 1.00 bits per heavy atom. The van der Waals surface area contributed by atoms with Gasteiger partial charge >= 0.3 is 0 Å². The quantitative estimate of drug-likeness (QED) is 0.304. The second kappa shape index (κ2) is 25.6. The van der Waals surface area contributed by atoms with Crippen molar-refractivity contribution in [2.24, 2.45) is 0 Å². The molecule has 0 aromatic rings. The number of hydrogen-bond donors (Lipinski definition) is 0. The first-order chi connectivity index (χ1) is 0. The maximum absolute atomic E-state index is 0. The van der Waals surface area contributed by atoms with Crippen LogP contribution in [0.5, 0.6) is 0 Å². The van der Waals surface area contributed by atoms with E-state index in [0.717, 1.165) is 0 Å². The van der Waals surface area contributed by atoms with Crippen LogP contribution in [0, 0.1) is 0 Å². The molecule has 0 fully saturated rings. The van der Waals surface area contributed by atoms with Gasteiger partial charge in [0.05, 0.1) is 0 Å². The molecule has 0 saturated carbocycles. The predicted molar refractivity (Wildman–Crippen MR) is 24.9 cm³/mol. The summed E-state index contributed by atoms with van der Waals surface area (Å²) in [5.74, 6) is 0. The van der Waals surface area contributed by atoms with Gasteiger partial charge in [-0.05, 0) is 11.0 Å². The van der Waals surface area contributed by atoms with Crippen molar-refractivity contribution in [1.82, 2.24) is 0 Å². The van der Waals surface area contributed by atoms with Crippen molar-refractivity contribution in [3.05, 3.63) is 0 Å². The summed E-state index contributed by atoms with van der Waals surface area (Å²) in [4.78, 5) is 0. The zero-order valence-electron chi connectivity index (χ0n) is 1.00. The Balaban J connectivity index is 0. The molecular weight excluding hydrogens is 119 g/mol. The zero-order chi connectivity index (χ0) is 0. The third kappa shape index (κ3) is 9.92. The van der Waals surface area contributed by atoms with E-state index >= 15 is 0 Å². The Morgan fingerprint density at radius 2 is 1.00 bits per heavy atom. The van der Waals surface area contributed by atoms with Crippen LogP contribution in [0.1, 0.15) is 0 Å². The van der Waals surface area contributed by atoms with Crippen LogP contribution >= 0.6 is 0 Å². The van der Waals surface area contributed by atoms with Crippen LogP contribution < -0.4 is 0 Å². The molecule has 0 aliphatic carbocycles. The average Bonchev–Trinajstić information content (AvgIpc) is 0. The molecule has 0 unspecified atom stereocenters. The molecule has 4 heavy (non-hydrogen) atoms. The molecule has 0 bridgehead atoms. The summed E-state index contributed by atoms with van der Waals surface area (Å²) in [5.41, 5.74) is 0. The van der Waals surface area contributed by atoms with E-state index in [0.29, 0.717) is 0 Å². The Kier molecular flexibility index (Phi) is 335. The van der Waals surface area contributed by atoms with Gasteiger partial charge in [0, 0.05) is 21.7 Å². The van der Waals surface area contributed by atoms with Gasteiger partial charge in [0.25, 0.3) is 0 Å². The third-order valence-electron chi connectivity index (χ3n) is 0. The molecule has 0 saturated heterocycles. The monoisotopic (exact) mass is 128 g/mol. The van der Waals surface area contributed by atoms with Crippen LogP contribution in [0.3, 0.4) is 0 Å². The van der Waals surface area contributed by atoms with Crippen LogP contribution in [0.15, 0.2) is 0 Å². The molecule has 0 atom stereocenters. The van der Waals surface area contributed by atoms with Crippen LogP contribution in [-0.4, -0.2) is 33.8 Å². The first kappa shape index (κ1) is 52.4. The standard InChI is InChI=1S/Al.H2O.H4Si.Ti.3H/h;1H2;1H4;;;;. The first-order valence-electron chi connectivity index (χ1n) is 0. The summed E-state index contributed by atoms with van der Waals surface area (Å²) >= 11 is 0. The van der Waals surface area contributed by atoms with E-state index < -0.39 is 0 Å². The van der Waals surface area contributed by atoms with Crippen LogP contribution in [-0.2, 0) is 21.7 Å². The van der Waals surface area contributed by atoms with Crippen molar-refractivity contribution in [2.75, 3.05) is 0 Å². The molecular formula is H9AlOSiTi. The Bertz CT molecular complexity index is 8.00. The van der Waals surface area contributed by atoms with Gasteiger partial charge < -0.3 is 5.48 Å². The van der Waals surface area contributed by atoms with Gasteiger partial charge in [-0.3, -0.25) is 0 Å². The largest absolute Gasteiger partial charge is 0.412 e. The van der Waals surface area contributed by atoms with Crippen LogP contribution in [0.25, 0.3) is 0 Å². The summed E-state index contributed by atoms with van der Waals surface area (Å²) < 4.78 is 0. The fourth-order valence-corrected chi connectivity index (χ4v) is 0. The molecule has 0 spiro atoms. The van der Waals surface area contributed by atoms with E-state index in [1.54, 1.807) is 0 Å². The number of hydrogen-bond acceptors (Lipinski definition) is 0.